The number of rotatable bonds is 5. The van der Waals surface area contributed by atoms with Gasteiger partial charge in [-0.3, -0.25) is 0 Å². The Balaban J connectivity index is 1.72. The van der Waals surface area contributed by atoms with Gasteiger partial charge in [-0.25, -0.2) is 4.98 Å². The molecular formula is C18H24N4O. The first-order valence-electron chi connectivity index (χ1n) is 8.39. The molecule has 1 aliphatic carbocycles. The summed E-state index contributed by atoms with van der Waals surface area (Å²) in [4.78, 5) is 8.45. The van der Waals surface area contributed by atoms with Crippen molar-refractivity contribution in [2.75, 3.05) is 11.1 Å². The summed E-state index contributed by atoms with van der Waals surface area (Å²) in [7, 11) is 0. The smallest absolute Gasteiger partial charge is 0.242 e. The molecule has 0 radical (unpaired) electrons. The highest BCUT2D eigenvalue weighted by Crippen LogP contribution is 2.30. The zero-order chi connectivity index (χ0) is 16.1. The Labute approximate surface area is 137 Å². The quantitative estimate of drug-likeness (QED) is 0.870. The van der Waals surface area contributed by atoms with Gasteiger partial charge in [0.1, 0.15) is 18.1 Å². The predicted molar refractivity (Wildman–Crippen MR) is 93.0 cm³/mol. The third-order valence-corrected chi connectivity index (χ3v) is 4.30. The number of ether oxygens (including phenoxy) is 1. The van der Waals surface area contributed by atoms with Crippen molar-refractivity contribution < 1.29 is 4.74 Å². The van der Waals surface area contributed by atoms with E-state index in [-0.39, 0.29) is 6.10 Å². The van der Waals surface area contributed by atoms with E-state index in [0.717, 1.165) is 24.9 Å². The van der Waals surface area contributed by atoms with Gasteiger partial charge in [0.25, 0.3) is 0 Å². The van der Waals surface area contributed by atoms with E-state index in [4.69, 9.17) is 10.5 Å². The molecule has 122 valence electrons. The van der Waals surface area contributed by atoms with E-state index in [0.29, 0.717) is 17.4 Å². The number of benzene rings is 1. The topological polar surface area (TPSA) is 73.1 Å². The second-order valence-electron chi connectivity index (χ2n) is 5.99. The summed E-state index contributed by atoms with van der Waals surface area (Å²) in [5.74, 6) is 1.08. The molecule has 0 saturated heterocycles. The molecule has 1 heterocycles. The maximum atomic E-state index is 6.19. The number of nitrogens with zero attached hydrogens (tertiary/aromatic N) is 2. The molecule has 1 fully saturated rings. The van der Waals surface area contributed by atoms with E-state index in [1.54, 1.807) is 0 Å². The molecule has 1 aliphatic rings. The zero-order valence-corrected chi connectivity index (χ0v) is 13.6. The van der Waals surface area contributed by atoms with Gasteiger partial charge in [0, 0.05) is 5.69 Å². The van der Waals surface area contributed by atoms with Crippen LogP contribution >= 0.6 is 0 Å². The van der Waals surface area contributed by atoms with Gasteiger partial charge in [-0.1, -0.05) is 25.5 Å². The number of hydrogen-bond acceptors (Lipinski definition) is 5. The van der Waals surface area contributed by atoms with Crippen molar-refractivity contribution in [3.8, 4) is 5.88 Å². The standard InChI is InChI=1S/C18H24N4O/c1-2-13-8-10-14(11-9-13)22-17-16(19)18(21-12-20-17)23-15-6-4-3-5-7-15/h8-12,15H,2-7,19H2,1H3,(H,20,21,22). The lowest BCUT2D eigenvalue weighted by Crippen LogP contribution is -2.21. The third-order valence-electron chi connectivity index (χ3n) is 4.30. The van der Waals surface area contributed by atoms with Gasteiger partial charge < -0.3 is 15.8 Å². The highest BCUT2D eigenvalue weighted by atomic mass is 16.5. The van der Waals surface area contributed by atoms with Crippen molar-refractivity contribution in [1.82, 2.24) is 9.97 Å². The van der Waals surface area contributed by atoms with Gasteiger partial charge in [0.05, 0.1) is 0 Å². The van der Waals surface area contributed by atoms with Gasteiger partial charge in [0.2, 0.25) is 5.88 Å². The van der Waals surface area contributed by atoms with Crippen molar-refractivity contribution >= 4 is 17.2 Å². The van der Waals surface area contributed by atoms with Crippen molar-refractivity contribution in [2.24, 2.45) is 0 Å². The first kappa shape index (κ1) is 15.6. The average Bonchev–Trinajstić information content (AvgIpc) is 2.60. The fourth-order valence-corrected chi connectivity index (χ4v) is 2.87. The lowest BCUT2D eigenvalue weighted by Gasteiger charge is -2.23. The minimum atomic E-state index is 0.220. The molecule has 0 aliphatic heterocycles. The Kier molecular flexibility index (Phi) is 4.95. The minimum Gasteiger partial charge on any atom is -0.473 e. The molecule has 1 aromatic carbocycles. The lowest BCUT2D eigenvalue weighted by molar-refractivity contribution is 0.149. The molecule has 0 unspecified atom stereocenters. The lowest BCUT2D eigenvalue weighted by atomic mass is 9.98. The zero-order valence-electron chi connectivity index (χ0n) is 13.6. The van der Waals surface area contributed by atoms with Crippen LogP contribution in [0.1, 0.15) is 44.6 Å². The maximum Gasteiger partial charge on any atom is 0.242 e. The number of nitrogen functional groups attached to an aromatic ring is 1. The maximum absolute atomic E-state index is 6.19. The Morgan fingerprint density at radius 1 is 1.13 bits per heavy atom. The number of nitrogens with one attached hydrogen (secondary N) is 1. The molecule has 3 rings (SSSR count). The van der Waals surface area contributed by atoms with Crippen molar-refractivity contribution in [1.29, 1.82) is 0 Å². The summed E-state index contributed by atoms with van der Waals surface area (Å²) < 4.78 is 5.98. The van der Waals surface area contributed by atoms with Crippen LogP contribution in [0.5, 0.6) is 5.88 Å². The molecule has 0 atom stereocenters. The molecule has 0 spiro atoms. The summed E-state index contributed by atoms with van der Waals surface area (Å²) in [6.45, 7) is 2.14. The SMILES string of the molecule is CCc1ccc(Nc2ncnc(OC3CCCCC3)c2N)cc1. The normalized spacial score (nSPS) is 15.3. The van der Waals surface area contributed by atoms with Gasteiger partial charge in [-0.05, 0) is 49.8 Å². The van der Waals surface area contributed by atoms with E-state index in [2.05, 4.69) is 34.3 Å². The second-order valence-corrected chi connectivity index (χ2v) is 5.99. The summed E-state index contributed by atoms with van der Waals surface area (Å²) in [6, 6.07) is 8.25. The van der Waals surface area contributed by atoms with E-state index in [1.807, 2.05) is 12.1 Å². The highest BCUT2D eigenvalue weighted by molar-refractivity contribution is 5.72. The molecule has 1 aromatic heterocycles. The summed E-state index contributed by atoms with van der Waals surface area (Å²) in [5.41, 5.74) is 8.92. The highest BCUT2D eigenvalue weighted by Gasteiger charge is 2.18. The van der Waals surface area contributed by atoms with E-state index in [1.165, 1.54) is 31.2 Å². The Bertz CT molecular complexity index is 636. The number of aryl methyl sites for hydroxylation is 1. The molecule has 2 aromatic rings. The number of hydrogen-bond donors (Lipinski definition) is 2. The molecule has 5 heteroatoms. The van der Waals surface area contributed by atoms with Gasteiger partial charge in [-0.15, -0.1) is 0 Å². The van der Waals surface area contributed by atoms with Crippen LogP contribution in [0.15, 0.2) is 30.6 Å². The minimum absolute atomic E-state index is 0.220. The van der Waals surface area contributed by atoms with Gasteiger partial charge in [0.15, 0.2) is 5.82 Å². The summed E-state index contributed by atoms with van der Waals surface area (Å²) in [5, 5.41) is 3.25. The molecule has 1 saturated carbocycles. The van der Waals surface area contributed by atoms with Gasteiger partial charge >= 0.3 is 0 Å². The predicted octanol–water partition coefficient (Wildman–Crippen LogP) is 4.08. The fourth-order valence-electron chi connectivity index (χ4n) is 2.87. The van der Waals surface area contributed by atoms with Crippen molar-refractivity contribution in [2.45, 2.75) is 51.6 Å². The first-order chi connectivity index (χ1) is 11.3. The molecular weight excluding hydrogens is 288 g/mol. The van der Waals surface area contributed by atoms with Crippen LogP contribution in [0.4, 0.5) is 17.2 Å². The Hall–Kier alpha value is -2.30. The monoisotopic (exact) mass is 312 g/mol. The number of anilines is 3. The summed E-state index contributed by atoms with van der Waals surface area (Å²) in [6.07, 6.45) is 8.61. The van der Waals surface area contributed by atoms with E-state index >= 15 is 0 Å². The van der Waals surface area contributed by atoms with Crippen LogP contribution in [-0.4, -0.2) is 16.1 Å². The number of nitrogens with two attached hydrogens (primary N) is 1. The van der Waals surface area contributed by atoms with Crippen LogP contribution in [0, 0.1) is 0 Å². The second kappa shape index (κ2) is 7.31. The average molecular weight is 312 g/mol. The first-order valence-corrected chi connectivity index (χ1v) is 8.39. The molecule has 0 bridgehead atoms. The Morgan fingerprint density at radius 2 is 1.87 bits per heavy atom. The fraction of sp³-hybridized carbons (Fsp3) is 0.444. The van der Waals surface area contributed by atoms with E-state index < -0.39 is 0 Å². The van der Waals surface area contributed by atoms with Crippen molar-refractivity contribution in [3.05, 3.63) is 36.2 Å². The Morgan fingerprint density at radius 3 is 2.57 bits per heavy atom. The largest absolute Gasteiger partial charge is 0.473 e. The summed E-state index contributed by atoms with van der Waals surface area (Å²) >= 11 is 0. The van der Waals surface area contributed by atoms with Crippen LogP contribution in [0.25, 0.3) is 0 Å². The van der Waals surface area contributed by atoms with Crippen LogP contribution < -0.4 is 15.8 Å². The molecule has 3 N–H and O–H groups in total. The molecule has 23 heavy (non-hydrogen) atoms. The van der Waals surface area contributed by atoms with E-state index in [9.17, 15) is 0 Å². The molecule has 0 amide bonds. The van der Waals surface area contributed by atoms with Crippen LogP contribution in [-0.2, 0) is 6.42 Å². The third kappa shape index (κ3) is 3.92. The van der Waals surface area contributed by atoms with Crippen LogP contribution in [0.3, 0.4) is 0 Å². The number of aromatic nitrogens is 2. The van der Waals surface area contributed by atoms with Crippen LogP contribution in [0.2, 0.25) is 0 Å². The molecule has 5 nitrogen and oxygen atoms in total. The van der Waals surface area contributed by atoms with Crippen molar-refractivity contribution in [3.63, 3.8) is 0 Å². The van der Waals surface area contributed by atoms with Gasteiger partial charge in [-0.2, -0.15) is 4.98 Å².